The van der Waals surface area contributed by atoms with Gasteiger partial charge in [-0.3, -0.25) is 4.90 Å². The maximum absolute atomic E-state index is 10.8. The number of benzene rings is 2. The molecule has 2 aliphatic heterocycles. The van der Waals surface area contributed by atoms with E-state index in [0.29, 0.717) is 5.41 Å². The molecule has 2 heterocycles. The van der Waals surface area contributed by atoms with Crippen molar-refractivity contribution in [1.29, 1.82) is 0 Å². The summed E-state index contributed by atoms with van der Waals surface area (Å²) in [5.41, 5.74) is 1.39. The van der Waals surface area contributed by atoms with Gasteiger partial charge in [0.2, 0.25) is 0 Å². The minimum atomic E-state index is -0.430. The van der Waals surface area contributed by atoms with Gasteiger partial charge in [-0.1, -0.05) is 42.5 Å². The molecule has 2 atom stereocenters. The first-order chi connectivity index (χ1) is 11.3. The summed E-state index contributed by atoms with van der Waals surface area (Å²) in [6, 6.07) is 14.5. The summed E-state index contributed by atoms with van der Waals surface area (Å²) in [5, 5.41) is 13.2. The fourth-order valence-corrected chi connectivity index (χ4v) is 4.30. The lowest BCUT2D eigenvalue weighted by Crippen LogP contribution is -2.36. The second-order valence-electron chi connectivity index (χ2n) is 7.23. The van der Waals surface area contributed by atoms with Crippen molar-refractivity contribution in [3.63, 3.8) is 0 Å². The zero-order valence-electron chi connectivity index (χ0n) is 13.6. The lowest BCUT2D eigenvalue weighted by atomic mass is 9.82. The van der Waals surface area contributed by atoms with E-state index in [1.165, 1.54) is 24.6 Å². The molecule has 2 aliphatic rings. The Balaban J connectivity index is 1.48. The van der Waals surface area contributed by atoms with Gasteiger partial charge in [0.1, 0.15) is 0 Å². The minimum absolute atomic E-state index is 0.344. The molecule has 3 heteroatoms. The highest BCUT2D eigenvalue weighted by atomic mass is 16.5. The summed E-state index contributed by atoms with van der Waals surface area (Å²) in [7, 11) is 0. The van der Waals surface area contributed by atoms with Crippen LogP contribution in [0.2, 0.25) is 0 Å². The third-order valence-corrected chi connectivity index (χ3v) is 5.53. The van der Waals surface area contributed by atoms with Crippen LogP contribution in [0.25, 0.3) is 10.8 Å². The molecule has 0 amide bonds. The molecule has 122 valence electrons. The van der Waals surface area contributed by atoms with Gasteiger partial charge in [-0.05, 0) is 42.1 Å². The first kappa shape index (κ1) is 15.1. The topological polar surface area (TPSA) is 32.7 Å². The van der Waals surface area contributed by atoms with Crippen molar-refractivity contribution in [1.82, 2.24) is 4.90 Å². The highest BCUT2D eigenvalue weighted by Gasteiger charge is 2.40. The summed E-state index contributed by atoms with van der Waals surface area (Å²) in [5.74, 6) is 0. The highest BCUT2D eigenvalue weighted by molar-refractivity contribution is 5.85. The van der Waals surface area contributed by atoms with E-state index in [9.17, 15) is 5.11 Å². The predicted octanol–water partition coefficient (Wildman–Crippen LogP) is 3.38. The fourth-order valence-electron chi connectivity index (χ4n) is 4.30. The molecular formula is C20H25NO2. The van der Waals surface area contributed by atoms with E-state index in [2.05, 4.69) is 29.2 Å². The molecule has 2 fully saturated rings. The van der Waals surface area contributed by atoms with Gasteiger partial charge >= 0.3 is 0 Å². The first-order valence-corrected chi connectivity index (χ1v) is 8.72. The SMILES string of the molecule is O[C@@H](CN1CCC2(CCCOC2)C1)c1cccc2ccccc12. The predicted molar refractivity (Wildman–Crippen MR) is 92.5 cm³/mol. The molecule has 1 spiro atoms. The molecule has 1 unspecified atom stereocenters. The third-order valence-electron chi connectivity index (χ3n) is 5.53. The normalized spacial score (nSPS) is 26.8. The number of nitrogens with zero attached hydrogens (tertiary/aromatic N) is 1. The molecule has 1 N–H and O–H groups in total. The Hall–Kier alpha value is -1.42. The Morgan fingerprint density at radius 2 is 2.00 bits per heavy atom. The van der Waals surface area contributed by atoms with E-state index in [0.717, 1.165) is 43.8 Å². The van der Waals surface area contributed by atoms with E-state index in [-0.39, 0.29) is 0 Å². The zero-order chi connectivity index (χ0) is 15.7. The first-order valence-electron chi connectivity index (χ1n) is 8.72. The molecule has 2 saturated heterocycles. The van der Waals surface area contributed by atoms with Crippen molar-refractivity contribution in [3.8, 4) is 0 Å². The van der Waals surface area contributed by atoms with Crippen molar-refractivity contribution < 1.29 is 9.84 Å². The van der Waals surface area contributed by atoms with Gasteiger partial charge in [-0.15, -0.1) is 0 Å². The van der Waals surface area contributed by atoms with E-state index in [1.807, 2.05) is 18.2 Å². The Labute approximate surface area is 137 Å². The number of ether oxygens (including phenoxy) is 1. The Bertz CT molecular complexity index is 673. The summed E-state index contributed by atoms with van der Waals surface area (Å²) in [6.45, 7) is 4.67. The van der Waals surface area contributed by atoms with Crippen LogP contribution in [0.3, 0.4) is 0 Å². The van der Waals surface area contributed by atoms with Gasteiger partial charge < -0.3 is 9.84 Å². The van der Waals surface area contributed by atoms with Crippen molar-refractivity contribution in [3.05, 3.63) is 48.0 Å². The van der Waals surface area contributed by atoms with Crippen LogP contribution in [0, 0.1) is 5.41 Å². The van der Waals surface area contributed by atoms with E-state index >= 15 is 0 Å². The lowest BCUT2D eigenvalue weighted by Gasteiger charge is -2.33. The van der Waals surface area contributed by atoms with Crippen molar-refractivity contribution in [2.75, 3.05) is 32.8 Å². The van der Waals surface area contributed by atoms with Crippen LogP contribution < -0.4 is 0 Å². The summed E-state index contributed by atoms with van der Waals surface area (Å²) in [4.78, 5) is 2.42. The standard InChI is InChI=1S/C20H25NO2/c22-19(18-8-3-6-16-5-1-2-7-17(16)18)13-21-11-10-20(14-21)9-4-12-23-15-20/h1-3,5-8,19,22H,4,9-15H2/t19-,20?/m0/s1. The van der Waals surface area contributed by atoms with Gasteiger partial charge in [0.25, 0.3) is 0 Å². The smallest absolute Gasteiger partial charge is 0.0922 e. The number of aliphatic hydroxyl groups excluding tert-OH is 1. The second kappa shape index (κ2) is 6.23. The maximum Gasteiger partial charge on any atom is 0.0922 e. The minimum Gasteiger partial charge on any atom is -0.387 e. The van der Waals surface area contributed by atoms with Gasteiger partial charge in [-0.25, -0.2) is 0 Å². The fraction of sp³-hybridized carbons (Fsp3) is 0.500. The number of likely N-dealkylation sites (tertiary alicyclic amines) is 1. The van der Waals surface area contributed by atoms with Crippen LogP contribution >= 0.6 is 0 Å². The summed E-state index contributed by atoms with van der Waals surface area (Å²) in [6.07, 6.45) is 3.23. The number of hydrogen-bond acceptors (Lipinski definition) is 3. The van der Waals surface area contributed by atoms with Crippen molar-refractivity contribution in [2.24, 2.45) is 5.41 Å². The van der Waals surface area contributed by atoms with Crippen LogP contribution in [0.15, 0.2) is 42.5 Å². The molecule has 4 rings (SSSR count). The number of β-amino-alcohol motifs (C(OH)–C–C–N with tert-alkyl or cyclic N) is 1. The molecule has 0 bridgehead atoms. The monoisotopic (exact) mass is 311 g/mol. The van der Waals surface area contributed by atoms with E-state index in [1.54, 1.807) is 0 Å². The third kappa shape index (κ3) is 3.01. The van der Waals surface area contributed by atoms with Crippen LogP contribution in [0.4, 0.5) is 0 Å². The Kier molecular flexibility index (Phi) is 4.10. The number of aliphatic hydroxyl groups is 1. The summed E-state index contributed by atoms with van der Waals surface area (Å²) >= 11 is 0. The van der Waals surface area contributed by atoms with Gasteiger partial charge in [0.05, 0.1) is 12.7 Å². The Morgan fingerprint density at radius 3 is 2.87 bits per heavy atom. The highest BCUT2D eigenvalue weighted by Crippen LogP contribution is 2.38. The molecule has 23 heavy (non-hydrogen) atoms. The molecule has 3 nitrogen and oxygen atoms in total. The number of fused-ring (bicyclic) bond motifs is 1. The van der Waals surface area contributed by atoms with Crippen LogP contribution in [-0.4, -0.2) is 42.9 Å². The average Bonchev–Trinajstić information content (AvgIpc) is 2.97. The Morgan fingerprint density at radius 1 is 1.13 bits per heavy atom. The lowest BCUT2D eigenvalue weighted by molar-refractivity contribution is -0.00431. The van der Waals surface area contributed by atoms with Gasteiger partial charge in [-0.2, -0.15) is 0 Å². The van der Waals surface area contributed by atoms with Gasteiger partial charge in [0, 0.05) is 25.1 Å². The van der Waals surface area contributed by atoms with Crippen molar-refractivity contribution in [2.45, 2.75) is 25.4 Å². The second-order valence-corrected chi connectivity index (χ2v) is 7.23. The molecule has 2 aromatic rings. The molecule has 2 aromatic carbocycles. The van der Waals surface area contributed by atoms with E-state index in [4.69, 9.17) is 4.74 Å². The molecule has 0 saturated carbocycles. The maximum atomic E-state index is 10.8. The van der Waals surface area contributed by atoms with Crippen LogP contribution in [0.1, 0.15) is 30.9 Å². The molecule has 0 radical (unpaired) electrons. The number of hydrogen-bond donors (Lipinski definition) is 1. The molecule has 0 aliphatic carbocycles. The molecule has 0 aromatic heterocycles. The van der Waals surface area contributed by atoms with Crippen molar-refractivity contribution >= 4 is 10.8 Å². The van der Waals surface area contributed by atoms with E-state index < -0.39 is 6.10 Å². The van der Waals surface area contributed by atoms with Crippen LogP contribution in [0.5, 0.6) is 0 Å². The molecular weight excluding hydrogens is 286 g/mol. The van der Waals surface area contributed by atoms with Crippen LogP contribution in [-0.2, 0) is 4.74 Å². The number of rotatable bonds is 3. The van der Waals surface area contributed by atoms with Gasteiger partial charge in [0.15, 0.2) is 0 Å². The largest absolute Gasteiger partial charge is 0.387 e. The zero-order valence-corrected chi connectivity index (χ0v) is 13.6. The average molecular weight is 311 g/mol. The quantitative estimate of drug-likeness (QED) is 0.943. The summed E-state index contributed by atoms with van der Waals surface area (Å²) < 4.78 is 5.71.